The van der Waals surface area contributed by atoms with E-state index in [0.717, 1.165) is 11.1 Å². The second kappa shape index (κ2) is 8.85. The van der Waals surface area contributed by atoms with E-state index >= 15 is 0 Å². The van der Waals surface area contributed by atoms with Crippen molar-refractivity contribution >= 4 is 27.3 Å². The van der Waals surface area contributed by atoms with Crippen LogP contribution in [0, 0.1) is 0 Å². The van der Waals surface area contributed by atoms with Gasteiger partial charge in [0.05, 0.1) is 4.90 Å². The third-order valence-corrected chi connectivity index (χ3v) is 8.40. The number of carbonyl (C=O) groups is 1. The van der Waals surface area contributed by atoms with Crippen LogP contribution in [0.25, 0.3) is 0 Å². The Hall–Kier alpha value is -3.41. The Morgan fingerprint density at radius 1 is 1.12 bits per heavy atom. The lowest BCUT2D eigenvalue weighted by Crippen LogP contribution is -2.35. The molecule has 2 aromatic heterocycles. The highest BCUT2D eigenvalue weighted by molar-refractivity contribution is 7.89. The van der Waals surface area contributed by atoms with Gasteiger partial charge in [-0.1, -0.05) is 41.6 Å². The maximum Gasteiger partial charge on any atom is 0.252 e. The number of tetrazole rings is 1. The van der Waals surface area contributed by atoms with Crippen molar-refractivity contribution in [3.8, 4) is 0 Å². The lowest BCUT2D eigenvalue weighted by molar-refractivity contribution is 0.0941. The van der Waals surface area contributed by atoms with E-state index in [1.165, 1.54) is 21.3 Å². The number of rotatable bonds is 6. The average molecular weight is 481 g/mol. The first-order chi connectivity index (χ1) is 16.0. The topological polar surface area (TPSA) is 121 Å². The third-order valence-electron chi connectivity index (χ3n) is 5.53. The number of amides is 1. The van der Waals surface area contributed by atoms with Crippen molar-refractivity contribution in [1.82, 2.24) is 30.2 Å². The molecule has 33 heavy (non-hydrogen) atoms. The lowest BCUT2D eigenvalue weighted by Gasteiger charge is -2.26. The summed E-state index contributed by atoms with van der Waals surface area (Å²) in [5.74, 6) is -0.136. The zero-order valence-electron chi connectivity index (χ0n) is 17.4. The van der Waals surface area contributed by atoms with E-state index in [1.54, 1.807) is 23.5 Å². The molecule has 0 fully saturated rings. The molecule has 0 radical (unpaired) electrons. The molecule has 5 rings (SSSR count). The van der Waals surface area contributed by atoms with Crippen LogP contribution in [0.4, 0.5) is 0 Å². The number of benzene rings is 2. The zero-order chi connectivity index (χ0) is 22.8. The predicted molar refractivity (Wildman–Crippen MR) is 122 cm³/mol. The molecule has 1 atom stereocenters. The fourth-order valence-electron chi connectivity index (χ4n) is 3.82. The van der Waals surface area contributed by atoms with Gasteiger partial charge in [0.25, 0.3) is 5.91 Å². The van der Waals surface area contributed by atoms with Crippen molar-refractivity contribution in [2.75, 3.05) is 6.54 Å². The quantitative estimate of drug-likeness (QED) is 0.437. The molecule has 1 aliphatic heterocycles. The van der Waals surface area contributed by atoms with Crippen LogP contribution in [0.3, 0.4) is 0 Å². The van der Waals surface area contributed by atoms with Crippen LogP contribution >= 0.6 is 11.3 Å². The fourth-order valence-corrected chi connectivity index (χ4v) is 6.18. The number of hydrogen-bond donors (Lipinski definition) is 2. The summed E-state index contributed by atoms with van der Waals surface area (Å²) in [6, 6.07) is 16.7. The molecule has 2 aromatic carbocycles. The van der Waals surface area contributed by atoms with Gasteiger partial charge in [-0.2, -0.15) is 9.52 Å². The minimum Gasteiger partial charge on any atom is -0.338 e. The van der Waals surface area contributed by atoms with E-state index in [0.29, 0.717) is 25.3 Å². The average Bonchev–Trinajstić information content (AvgIpc) is 3.55. The highest BCUT2D eigenvalue weighted by Crippen LogP contribution is 2.28. The number of nitrogens with zero attached hydrogens (tertiary/aromatic N) is 4. The molecule has 11 heteroatoms. The number of aromatic nitrogens is 4. The Morgan fingerprint density at radius 2 is 1.97 bits per heavy atom. The van der Waals surface area contributed by atoms with E-state index in [2.05, 4.69) is 25.9 Å². The van der Waals surface area contributed by atoms with Gasteiger partial charge in [0.15, 0.2) is 0 Å². The molecule has 0 unspecified atom stereocenters. The largest absolute Gasteiger partial charge is 0.338 e. The van der Waals surface area contributed by atoms with E-state index in [4.69, 9.17) is 0 Å². The number of aromatic amines is 1. The molecule has 0 aliphatic carbocycles. The summed E-state index contributed by atoms with van der Waals surface area (Å²) in [5, 5.41) is 18.9. The molecule has 1 amide bonds. The standard InChI is InChI=1S/C22H20N6O3S2/c29-22(23-20(21-24-26-27-25-21)15-5-2-1-3-6-15)16-7-4-8-18(13-16)33(30,31)28-11-9-19-17(14-28)10-12-32-19/h1-8,10,12-13,20H,9,11,14H2,(H,23,29)(H,24,25,26,27)/t20-/m0/s1. The van der Waals surface area contributed by atoms with E-state index in [-0.39, 0.29) is 10.5 Å². The number of hydrogen-bond acceptors (Lipinski definition) is 7. The molecule has 4 aromatic rings. The maximum absolute atomic E-state index is 13.3. The van der Waals surface area contributed by atoms with Gasteiger partial charge in [-0.3, -0.25) is 4.79 Å². The van der Waals surface area contributed by atoms with Gasteiger partial charge in [-0.15, -0.1) is 21.5 Å². The minimum absolute atomic E-state index is 0.0876. The van der Waals surface area contributed by atoms with Crippen molar-refractivity contribution in [3.05, 3.63) is 93.4 Å². The Kier molecular flexibility index (Phi) is 5.75. The summed E-state index contributed by atoms with van der Waals surface area (Å²) in [6.07, 6.45) is 0.690. The number of fused-ring (bicyclic) bond motifs is 1. The number of carbonyl (C=O) groups excluding carboxylic acids is 1. The molecular weight excluding hydrogens is 460 g/mol. The SMILES string of the molecule is O=C(N[C@@H](c1ccccc1)c1nn[nH]n1)c1cccc(S(=O)(=O)N2CCc3sccc3C2)c1. The summed E-state index contributed by atoms with van der Waals surface area (Å²) in [4.78, 5) is 14.4. The van der Waals surface area contributed by atoms with Gasteiger partial charge in [0.1, 0.15) is 6.04 Å². The van der Waals surface area contributed by atoms with Gasteiger partial charge in [-0.25, -0.2) is 8.42 Å². The van der Waals surface area contributed by atoms with Gasteiger partial charge in [0, 0.05) is 23.5 Å². The molecule has 1 aliphatic rings. The van der Waals surface area contributed by atoms with Crippen LogP contribution in [0.2, 0.25) is 0 Å². The smallest absolute Gasteiger partial charge is 0.252 e. The lowest BCUT2D eigenvalue weighted by atomic mass is 10.1. The Morgan fingerprint density at radius 3 is 2.76 bits per heavy atom. The molecule has 0 spiro atoms. The summed E-state index contributed by atoms with van der Waals surface area (Å²) in [5.41, 5.74) is 2.04. The number of sulfonamides is 1. The molecule has 3 heterocycles. The van der Waals surface area contributed by atoms with Crippen LogP contribution in [0.15, 0.2) is 70.9 Å². The Labute approximate surface area is 194 Å². The molecule has 2 N–H and O–H groups in total. The van der Waals surface area contributed by atoms with Gasteiger partial charge in [0.2, 0.25) is 15.8 Å². The number of nitrogens with one attached hydrogen (secondary N) is 2. The van der Waals surface area contributed by atoms with Gasteiger partial charge in [-0.05, 0) is 47.2 Å². The van der Waals surface area contributed by atoms with Crippen molar-refractivity contribution in [2.45, 2.75) is 23.9 Å². The van der Waals surface area contributed by atoms with Crippen molar-refractivity contribution in [2.24, 2.45) is 0 Å². The van der Waals surface area contributed by atoms with E-state index in [9.17, 15) is 13.2 Å². The van der Waals surface area contributed by atoms with Crippen LogP contribution in [0.1, 0.15) is 38.2 Å². The number of H-pyrrole nitrogens is 1. The molecule has 0 saturated heterocycles. The first-order valence-electron chi connectivity index (χ1n) is 10.3. The molecule has 0 saturated carbocycles. The molecule has 0 bridgehead atoms. The first-order valence-corrected chi connectivity index (χ1v) is 12.6. The molecule has 9 nitrogen and oxygen atoms in total. The molecule has 168 valence electrons. The second-order valence-corrected chi connectivity index (χ2v) is 10.5. The van der Waals surface area contributed by atoms with E-state index < -0.39 is 22.0 Å². The van der Waals surface area contributed by atoms with Crippen molar-refractivity contribution in [3.63, 3.8) is 0 Å². The fraction of sp³-hybridized carbons (Fsp3) is 0.182. The molecular formula is C22H20N6O3S2. The highest BCUT2D eigenvalue weighted by Gasteiger charge is 2.30. The highest BCUT2D eigenvalue weighted by atomic mass is 32.2. The maximum atomic E-state index is 13.3. The van der Waals surface area contributed by atoms with Crippen molar-refractivity contribution < 1.29 is 13.2 Å². The zero-order valence-corrected chi connectivity index (χ0v) is 19.0. The summed E-state index contributed by atoms with van der Waals surface area (Å²) in [7, 11) is -3.74. The normalized spacial score (nSPS) is 15.0. The van der Waals surface area contributed by atoms with E-state index in [1.807, 2.05) is 41.8 Å². The van der Waals surface area contributed by atoms with Crippen LogP contribution in [-0.2, 0) is 23.0 Å². The predicted octanol–water partition coefficient (Wildman–Crippen LogP) is 2.53. The summed E-state index contributed by atoms with van der Waals surface area (Å²) in [6.45, 7) is 0.756. The number of thiophene rings is 1. The van der Waals surface area contributed by atoms with Crippen LogP contribution in [0.5, 0.6) is 0 Å². The Balaban J connectivity index is 1.40. The second-order valence-electron chi connectivity index (χ2n) is 7.57. The first kappa shape index (κ1) is 21.4. The third kappa shape index (κ3) is 4.30. The summed E-state index contributed by atoms with van der Waals surface area (Å²) < 4.78 is 28.0. The van der Waals surface area contributed by atoms with Crippen molar-refractivity contribution in [1.29, 1.82) is 0 Å². The van der Waals surface area contributed by atoms with Crippen LogP contribution in [-0.4, -0.2) is 45.8 Å². The van der Waals surface area contributed by atoms with Crippen LogP contribution < -0.4 is 5.32 Å². The summed E-state index contributed by atoms with van der Waals surface area (Å²) >= 11 is 1.65. The monoisotopic (exact) mass is 480 g/mol. The van der Waals surface area contributed by atoms with Gasteiger partial charge >= 0.3 is 0 Å². The van der Waals surface area contributed by atoms with Gasteiger partial charge < -0.3 is 5.32 Å². The minimum atomic E-state index is -3.74. The Bertz CT molecular complexity index is 1370.